The van der Waals surface area contributed by atoms with E-state index in [0.717, 1.165) is 33.8 Å². The number of nitrogens with one attached hydrogen (secondary N) is 2. The minimum atomic E-state index is -3.78. The Morgan fingerprint density at radius 3 is 2.80 bits per heavy atom. The lowest BCUT2D eigenvalue weighted by atomic mass is 9.92. The summed E-state index contributed by atoms with van der Waals surface area (Å²) in [6.45, 7) is 0.184. The molecule has 7 nitrogen and oxygen atoms in total. The molecule has 0 amide bonds. The molecular formula is C21H17N5O2S2. The van der Waals surface area contributed by atoms with Crippen molar-refractivity contribution in [3.63, 3.8) is 0 Å². The molecule has 5 rings (SSSR count). The lowest BCUT2D eigenvalue weighted by Crippen LogP contribution is -2.29. The second kappa shape index (κ2) is 7.60. The van der Waals surface area contributed by atoms with Gasteiger partial charge in [0.25, 0.3) is 0 Å². The van der Waals surface area contributed by atoms with E-state index in [2.05, 4.69) is 23.4 Å². The zero-order valence-electron chi connectivity index (χ0n) is 15.7. The molecule has 1 atom stereocenters. The van der Waals surface area contributed by atoms with E-state index < -0.39 is 10.0 Å². The van der Waals surface area contributed by atoms with Crippen LogP contribution in [0, 0.1) is 0 Å². The first-order valence-corrected chi connectivity index (χ1v) is 11.5. The maximum absolute atomic E-state index is 13.1. The van der Waals surface area contributed by atoms with Gasteiger partial charge in [0.1, 0.15) is 15.9 Å². The predicted octanol–water partition coefficient (Wildman–Crippen LogP) is 3.68. The summed E-state index contributed by atoms with van der Waals surface area (Å²) in [7, 11) is -3.78. The van der Waals surface area contributed by atoms with Crippen LogP contribution >= 0.6 is 11.7 Å². The molecule has 9 heteroatoms. The summed E-state index contributed by atoms with van der Waals surface area (Å²) in [5, 5.41) is 1.05. The third-order valence-electron chi connectivity index (χ3n) is 5.10. The van der Waals surface area contributed by atoms with E-state index in [4.69, 9.17) is 0 Å². The molecule has 0 aliphatic rings. The van der Waals surface area contributed by atoms with Crippen LogP contribution in [0.4, 0.5) is 0 Å². The summed E-state index contributed by atoms with van der Waals surface area (Å²) in [4.78, 5) is 7.64. The molecule has 2 aromatic carbocycles. The maximum Gasteiger partial charge on any atom is 0.242 e. The van der Waals surface area contributed by atoms with Gasteiger partial charge in [-0.25, -0.2) is 13.1 Å². The Bertz CT molecular complexity index is 1430. The summed E-state index contributed by atoms with van der Waals surface area (Å²) in [6, 6.07) is 16.8. The number of sulfonamides is 1. The van der Waals surface area contributed by atoms with Gasteiger partial charge in [-0.1, -0.05) is 30.3 Å². The van der Waals surface area contributed by atoms with Gasteiger partial charge >= 0.3 is 0 Å². The van der Waals surface area contributed by atoms with E-state index >= 15 is 0 Å². The fourth-order valence-electron chi connectivity index (χ4n) is 3.64. The molecule has 150 valence electrons. The van der Waals surface area contributed by atoms with Gasteiger partial charge in [0, 0.05) is 42.0 Å². The van der Waals surface area contributed by atoms with Gasteiger partial charge in [0.2, 0.25) is 10.0 Å². The Labute approximate surface area is 177 Å². The number of para-hydroxylation sites is 1. The van der Waals surface area contributed by atoms with Crippen LogP contribution in [-0.2, 0) is 10.0 Å². The standard InChI is InChI=1S/C21H17N5O2S2/c27-30(28,20-9-3-8-19-21(20)26-29-25-19)24-13-16(14-5-4-10-22-11-14)17-12-23-18-7-2-1-6-15(17)18/h1-12,16,23-24H,13H2. The normalized spacial score (nSPS) is 13.1. The lowest BCUT2D eigenvalue weighted by Gasteiger charge is -2.18. The molecule has 0 aliphatic carbocycles. The number of hydrogen-bond donors (Lipinski definition) is 2. The molecule has 0 saturated heterocycles. The topological polar surface area (TPSA) is 101 Å². The maximum atomic E-state index is 13.1. The van der Waals surface area contributed by atoms with Crippen molar-refractivity contribution in [2.24, 2.45) is 0 Å². The summed E-state index contributed by atoms with van der Waals surface area (Å²) < 4.78 is 37.3. The molecule has 3 heterocycles. The van der Waals surface area contributed by atoms with Crippen LogP contribution in [-0.4, -0.2) is 33.7 Å². The number of fused-ring (bicyclic) bond motifs is 2. The van der Waals surface area contributed by atoms with E-state index in [0.29, 0.717) is 11.0 Å². The molecule has 1 unspecified atom stereocenters. The van der Waals surface area contributed by atoms with E-state index in [-0.39, 0.29) is 17.4 Å². The van der Waals surface area contributed by atoms with Crippen LogP contribution in [0.25, 0.3) is 21.9 Å². The highest BCUT2D eigenvalue weighted by molar-refractivity contribution is 7.89. The third kappa shape index (κ3) is 3.36. The lowest BCUT2D eigenvalue weighted by molar-refractivity contribution is 0.578. The zero-order valence-corrected chi connectivity index (χ0v) is 17.3. The van der Waals surface area contributed by atoms with E-state index in [9.17, 15) is 8.42 Å². The number of aromatic nitrogens is 4. The van der Waals surface area contributed by atoms with Crippen LogP contribution in [0.3, 0.4) is 0 Å². The summed E-state index contributed by atoms with van der Waals surface area (Å²) in [6.07, 6.45) is 5.41. The molecule has 0 spiro atoms. The van der Waals surface area contributed by atoms with Gasteiger partial charge in [-0.15, -0.1) is 0 Å². The SMILES string of the molecule is O=S(=O)(NCC(c1cccnc1)c1c[nH]c2ccccc12)c1cccc2nsnc12. The smallest absolute Gasteiger partial charge is 0.242 e. The van der Waals surface area contributed by atoms with Crippen LogP contribution in [0.2, 0.25) is 0 Å². The highest BCUT2D eigenvalue weighted by Crippen LogP contribution is 2.31. The van der Waals surface area contributed by atoms with E-state index in [1.807, 2.05) is 42.6 Å². The number of benzene rings is 2. The molecule has 3 aromatic heterocycles. The Balaban J connectivity index is 1.53. The second-order valence-corrected chi connectivity index (χ2v) is 9.13. The monoisotopic (exact) mass is 435 g/mol. The Morgan fingerprint density at radius 1 is 1.03 bits per heavy atom. The van der Waals surface area contributed by atoms with Gasteiger partial charge in [-0.3, -0.25) is 4.98 Å². The molecule has 0 saturated carbocycles. The molecule has 5 aromatic rings. The average Bonchev–Trinajstić information content (AvgIpc) is 3.42. The Kier molecular flexibility index (Phi) is 4.78. The first-order chi connectivity index (χ1) is 14.6. The molecule has 0 fully saturated rings. The van der Waals surface area contributed by atoms with E-state index in [1.54, 1.807) is 30.6 Å². The van der Waals surface area contributed by atoms with Crippen molar-refractivity contribution in [3.05, 3.63) is 84.3 Å². The third-order valence-corrected chi connectivity index (χ3v) is 7.10. The summed E-state index contributed by atoms with van der Waals surface area (Å²) in [5.41, 5.74) is 3.90. The van der Waals surface area contributed by atoms with Crippen molar-refractivity contribution in [3.8, 4) is 0 Å². The number of nitrogens with zero attached hydrogens (tertiary/aromatic N) is 3. The molecule has 2 N–H and O–H groups in total. The Hall–Kier alpha value is -3.14. The van der Waals surface area contributed by atoms with Gasteiger partial charge in [0.05, 0.1) is 11.7 Å². The molecule has 0 aliphatic heterocycles. The average molecular weight is 436 g/mol. The first kappa shape index (κ1) is 18.9. The van der Waals surface area contributed by atoms with Crippen molar-refractivity contribution >= 4 is 43.7 Å². The van der Waals surface area contributed by atoms with Crippen LogP contribution < -0.4 is 4.72 Å². The first-order valence-electron chi connectivity index (χ1n) is 9.30. The number of aromatic amines is 1. The van der Waals surface area contributed by atoms with Crippen LogP contribution in [0.5, 0.6) is 0 Å². The van der Waals surface area contributed by atoms with Crippen molar-refractivity contribution < 1.29 is 8.42 Å². The fourth-order valence-corrected chi connectivity index (χ4v) is 5.45. The zero-order chi connectivity index (χ0) is 20.6. The fraction of sp³-hybridized carbons (Fsp3) is 0.0952. The minimum absolute atomic E-state index is 0.137. The van der Waals surface area contributed by atoms with Crippen LogP contribution in [0.1, 0.15) is 17.0 Å². The van der Waals surface area contributed by atoms with Crippen molar-refractivity contribution in [2.75, 3.05) is 6.54 Å². The number of H-pyrrole nitrogens is 1. The highest BCUT2D eigenvalue weighted by Gasteiger charge is 2.24. The van der Waals surface area contributed by atoms with Gasteiger partial charge < -0.3 is 4.98 Å². The van der Waals surface area contributed by atoms with Crippen molar-refractivity contribution in [1.82, 2.24) is 23.4 Å². The summed E-state index contributed by atoms with van der Waals surface area (Å²) >= 11 is 0.999. The minimum Gasteiger partial charge on any atom is -0.361 e. The molecule has 0 radical (unpaired) electrons. The van der Waals surface area contributed by atoms with Gasteiger partial charge in [0.15, 0.2) is 0 Å². The van der Waals surface area contributed by atoms with Crippen molar-refractivity contribution in [2.45, 2.75) is 10.8 Å². The van der Waals surface area contributed by atoms with Gasteiger partial charge in [-0.2, -0.15) is 8.75 Å². The van der Waals surface area contributed by atoms with Gasteiger partial charge in [-0.05, 0) is 35.4 Å². The highest BCUT2D eigenvalue weighted by atomic mass is 32.2. The Morgan fingerprint density at radius 2 is 1.93 bits per heavy atom. The molecule has 0 bridgehead atoms. The molecular weight excluding hydrogens is 418 g/mol. The second-order valence-electron chi connectivity index (χ2n) is 6.87. The van der Waals surface area contributed by atoms with E-state index in [1.165, 1.54) is 0 Å². The number of hydrogen-bond acceptors (Lipinski definition) is 6. The summed E-state index contributed by atoms with van der Waals surface area (Å²) in [5.74, 6) is -0.211. The largest absolute Gasteiger partial charge is 0.361 e. The predicted molar refractivity (Wildman–Crippen MR) is 117 cm³/mol. The van der Waals surface area contributed by atoms with Crippen LogP contribution in [0.15, 0.2) is 78.1 Å². The number of rotatable bonds is 6. The number of pyridine rings is 1. The van der Waals surface area contributed by atoms with Crippen molar-refractivity contribution in [1.29, 1.82) is 0 Å². The quantitative estimate of drug-likeness (QED) is 0.424. The molecule has 30 heavy (non-hydrogen) atoms.